The van der Waals surface area contributed by atoms with Crippen molar-refractivity contribution in [2.75, 3.05) is 6.26 Å². The standard InChI is InChI=1S/C21H20F2N6O3S/c1-14(20-10-29(27-26-20)16-4-6-17(7-5-16)33(2,31)32)21(30,11-28-13-24-12-25-28)18-8-3-15(22)9-19(18)23/h3-10,12-14,30H,11H2,1-2H3. The molecular weight excluding hydrogens is 454 g/mol. The van der Waals surface area contributed by atoms with Crippen molar-refractivity contribution in [1.29, 1.82) is 0 Å². The summed E-state index contributed by atoms with van der Waals surface area (Å²) in [5, 5.41) is 23.8. The van der Waals surface area contributed by atoms with E-state index in [-0.39, 0.29) is 17.0 Å². The Morgan fingerprint density at radius 1 is 1.15 bits per heavy atom. The second-order valence-corrected chi connectivity index (χ2v) is 9.73. The quantitative estimate of drug-likeness (QED) is 0.437. The van der Waals surface area contributed by atoms with E-state index in [4.69, 9.17) is 0 Å². The first-order chi connectivity index (χ1) is 15.6. The molecule has 0 bridgehead atoms. The van der Waals surface area contributed by atoms with Gasteiger partial charge in [-0.05, 0) is 30.3 Å². The van der Waals surface area contributed by atoms with E-state index < -0.39 is 33.0 Å². The maximum absolute atomic E-state index is 14.7. The minimum Gasteiger partial charge on any atom is -0.382 e. The molecule has 0 saturated heterocycles. The number of sulfone groups is 1. The average molecular weight is 474 g/mol. The van der Waals surface area contributed by atoms with Gasteiger partial charge in [-0.3, -0.25) is 0 Å². The van der Waals surface area contributed by atoms with Crippen LogP contribution in [0.1, 0.15) is 24.1 Å². The molecule has 0 aliphatic carbocycles. The molecule has 4 rings (SSSR count). The number of benzene rings is 2. The molecule has 0 aliphatic heterocycles. The summed E-state index contributed by atoms with van der Waals surface area (Å²) in [6.45, 7) is 1.47. The molecule has 33 heavy (non-hydrogen) atoms. The summed E-state index contributed by atoms with van der Waals surface area (Å²) >= 11 is 0. The highest BCUT2D eigenvalue weighted by Gasteiger charge is 2.41. The van der Waals surface area contributed by atoms with E-state index in [1.165, 1.54) is 40.2 Å². The fraction of sp³-hybridized carbons (Fsp3) is 0.238. The minimum absolute atomic E-state index is 0.126. The SMILES string of the molecule is CC(c1cn(-c2ccc(S(C)(=O)=O)cc2)nn1)C(O)(Cn1cncn1)c1ccc(F)cc1F. The van der Waals surface area contributed by atoms with Gasteiger partial charge in [-0.15, -0.1) is 5.10 Å². The molecule has 0 aliphatic rings. The smallest absolute Gasteiger partial charge is 0.175 e. The van der Waals surface area contributed by atoms with Gasteiger partial charge in [-0.25, -0.2) is 31.5 Å². The van der Waals surface area contributed by atoms with Crippen molar-refractivity contribution >= 4 is 9.84 Å². The van der Waals surface area contributed by atoms with E-state index in [2.05, 4.69) is 20.4 Å². The normalized spacial score (nSPS) is 14.7. The Bertz CT molecular complexity index is 1370. The number of aliphatic hydroxyl groups is 1. The van der Waals surface area contributed by atoms with Crippen LogP contribution in [0.25, 0.3) is 5.69 Å². The molecule has 2 aromatic heterocycles. The summed E-state index contributed by atoms with van der Waals surface area (Å²) in [6, 6.07) is 8.99. The highest BCUT2D eigenvalue weighted by atomic mass is 32.2. The predicted molar refractivity (Wildman–Crippen MR) is 113 cm³/mol. The highest BCUT2D eigenvalue weighted by molar-refractivity contribution is 7.90. The van der Waals surface area contributed by atoms with E-state index in [0.717, 1.165) is 12.3 Å². The number of rotatable bonds is 7. The first-order valence-corrected chi connectivity index (χ1v) is 11.7. The van der Waals surface area contributed by atoms with Gasteiger partial charge in [0.05, 0.1) is 29.0 Å². The molecular formula is C21H20F2N6O3S. The van der Waals surface area contributed by atoms with Gasteiger partial charge in [0.1, 0.15) is 29.9 Å². The van der Waals surface area contributed by atoms with Gasteiger partial charge in [0.25, 0.3) is 0 Å². The third-order valence-electron chi connectivity index (χ3n) is 5.47. The van der Waals surface area contributed by atoms with Gasteiger partial charge in [-0.2, -0.15) is 5.10 Å². The van der Waals surface area contributed by atoms with Crippen molar-refractivity contribution in [2.45, 2.75) is 29.9 Å². The van der Waals surface area contributed by atoms with Crippen LogP contribution in [0.5, 0.6) is 0 Å². The first kappa shape index (κ1) is 22.7. The molecule has 2 heterocycles. The second kappa shape index (κ2) is 8.45. The fourth-order valence-corrected chi connectivity index (χ4v) is 4.18. The largest absolute Gasteiger partial charge is 0.382 e. The molecule has 0 saturated carbocycles. The molecule has 0 radical (unpaired) electrons. The topological polar surface area (TPSA) is 116 Å². The molecule has 2 aromatic carbocycles. The molecule has 2 atom stereocenters. The van der Waals surface area contributed by atoms with Gasteiger partial charge in [0.2, 0.25) is 0 Å². The van der Waals surface area contributed by atoms with Crippen molar-refractivity contribution in [2.24, 2.45) is 0 Å². The number of nitrogens with zero attached hydrogens (tertiary/aromatic N) is 6. The lowest BCUT2D eigenvalue weighted by molar-refractivity contribution is -0.0123. The zero-order valence-electron chi connectivity index (χ0n) is 17.7. The Labute approximate surface area is 188 Å². The van der Waals surface area contributed by atoms with Crippen LogP contribution in [0.4, 0.5) is 8.78 Å². The van der Waals surface area contributed by atoms with Crippen LogP contribution in [0.15, 0.2) is 66.2 Å². The van der Waals surface area contributed by atoms with Crippen LogP contribution < -0.4 is 0 Å². The maximum Gasteiger partial charge on any atom is 0.175 e. The van der Waals surface area contributed by atoms with Gasteiger partial charge in [0, 0.05) is 23.8 Å². The lowest BCUT2D eigenvalue weighted by Crippen LogP contribution is -2.38. The molecule has 4 aromatic rings. The summed E-state index contributed by atoms with van der Waals surface area (Å²) in [5.41, 5.74) is -1.12. The summed E-state index contributed by atoms with van der Waals surface area (Å²) in [4.78, 5) is 4.01. The molecule has 0 amide bonds. The molecule has 2 unspecified atom stereocenters. The Balaban J connectivity index is 1.71. The van der Waals surface area contributed by atoms with E-state index in [1.54, 1.807) is 25.3 Å². The fourth-order valence-electron chi connectivity index (χ4n) is 3.55. The van der Waals surface area contributed by atoms with Crippen LogP contribution in [0.2, 0.25) is 0 Å². The van der Waals surface area contributed by atoms with Crippen LogP contribution in [-0.2, 0) is 22.0 Å². The van der Waals surface area contributed by atoms with E-state index >= 15 is 0 Å². The number of halogens is 2. The summed E-state index contributed by atoms with van der Waals surface area (Å²) < 4.78 is 54.3. The molecule has 172 valence electrons. The minimum atomic E-state index is -3.35. The van der Waals surface area contributed by atoms with Crippen molar-refractivity contribution < 1.29 is 22.3 Å². The first-order valence-electron chi connectivity index (χ1n) is 9.81. The number of hydrogen-bond donors (Lipinski definition) is 1. The molecule has 1 N–H and O–H groups in total. The van der Waals surface area contributed by atoms with Gasteiger partial charge in [0.15, 0.2) is 9.84 Å². The van der Waals surface area contributed by atoms with Crippen molar-refractivity contribution in [1.82, 2.24) is 29.8 Å². The van der Waals surface area contributed by atoms with Crippen LogP contribution in [0, 0.1) is 11.6 Å². The van der Waals surface area contributed by atoms with E-state index in [1.807, 2.05) is 0 Å². The maximum atomic E-state index is 14.7. The van der Waals surface area contributed by atoms with Crippen LogP contribution in [0.3, 0.4) is 0 Å². The Hall–Kier alpha value is -3.51. The molecule has 0 spiro atoms. The van der Waals surface area contributed by atoms with Crippen molar-refractivity contribution in [3.8, 4) is 5.69 Å². The predicted octanol–water partition coefficient (Wildman–Crippen LogP) is 2.23. The van der Waals surface area contributed by atoms with Crippen molar-refractivity contribution in [3.63, 3.8) is 0 Å². The summed E-state index contributed by atoms with van der Waals surface area (Å²) in [5.74, 6) is -2.48. The van der Waals surface area contributed by atoms with Crippen molar-refractivity contribution in [3.05, 3.63) is 84.2 Å². The summed E-state index contributed by atoms with van der Waals surface area (Å²) in [6.07, 6.45) is 5.32. The number of hydrogen-bond acceptors (Lipinski definition) is 7. The average Bonchev–Trinajstić information content (AvgIpc) is 3.44. The zero-order valence-corrected chi connectivity index (χ0v) is 18.5. The monoisotopic (exact) mass is 474 g/mol. The van der Waals surface area contributed by atoms with Gasteiger partial charge >= 0.3 is 0 Å². The molecule has 0 fully saturated rings. The highest BCUT2D eigenvalue weighted by Crippen LogP contribution is 2.39. The Morgan fingerprint density at radius 2 is 1.88 bits per heavy atom. The van der Waals surface area contributed by atoms with Crippen LogP contribution in [-0.4, -0.2) is 49.5 Å². The Kier molecular flexibility index (Phi) is 5.80. The molecule has 9 nitrogen and oxygen atoms in total. The lowest BCUT2D eigenvalue weighted by atomic mass is 9.80. The van der Waals surface area contributed by atoms with Crippen LogP contribution >= 0.6 is 0 Å². The third-order valence-corrected chi connectivity index (χ3v) is 6.60. The zero-order chi connectivity index (χ0) is 23.8. The summed E-state index contributed by atoms with van der Waals surface area (Å²) in [7, 11) is -3.35. The van der Waals surface area contributed by atoms with Gasteiger partial charge in [-0.1, -0.05) is 18.2 Å². The lowest BCUT2D eigenvalue weighted by Gasteiger charge is -2.33. The number of aromatic nitrogens is 6. The van der Waals surface area contributed by atoms with E-state index in [0.29, 0.717) is 17.4 Å². The second-order valence-electron chi connectivity index (χ2n) is 7.72. The van der Waals surface area contributed by atoms with Gasteiger partial charge < -0.3 is 5.11 Å². The third kappa shape index (κ3) is 4.52. The molecule has 12 heteroatoms. The Morgan fingerprint density at radius 3 is 2.48 bits per heavy atom. The van der Waals surface area contributed by atoms with E-state index in [9.17, 15) is 22.3 Å².